The fourth-order valence-electron chi connectivity index (χ4n) is 3.80. The minimum Gasteiger partial charge on any atom is -0.397 e. The molecule has 6 heteroatoms. The predicted molar refractivity (Wildman–Crippen MR) is 96.7 cm³/mol. The van der Waals surface area contributed by atoms with Gasteiger partial charge in [0, 0.05) is 36.5 Å². The zero-order chi connectivity index (χ0) is 17.3. The number of amides is 1. The molecule has 0 radical (unpaired) electrons. The molecule has 2 fully saturated rings. The second-order valence-electron chi connectivity index (χ2n) is 7.15. The van der Waals surface area contributed by atoms with E-state index in [1.54, 1.807) is 12.4 Å². The normalized spacial score (nSPS) is 18.8. The van der Waals surface area contributed by atoms with Crippen LogP contribution in [0.25, 0.3) is 11.3 Å². The van der Waals surface area contributed by atoms with Gasteiger partial charge in [0.05, 0.1) is 23.5 Å². The lowest BCUT2D eigenvalue weighted by molar-refractivity contribution is -0.144. The van der Waals surface area contributed by atoms with E-state index in [1.807, 2.05) is 29.2 Å². The SMILES string of the molecule is Nc1ccc(-c2cccnc2)nc1CC(=O)N1CC2(CCNCC2)C1. The van der Waals surface area contributed by atoms with Crippen molar-refractivity contribution < 1.29 is 4.79 Å². The molecule has 2 aliphatic heterocycles. The Bertz CT molecular complexity index is 763. The van der Waals surface area contributed by atoms with Gasteiger partial charge in [-0.15, -0.1) is 0 Å². The van der Waals surface area contributed by atoms with E-state index in [9.17, 15) is 4.79 Å². The highest BCUT2D eigenvalue weighted by atomic mass is 16.2. The molecule has 4 rings (SSSR count). The lowest BCUT2D eigenvalue weighted by atomic mass is 9.72. The zero-order valence-corrected chi connectivity index (χ0v) is 14.2. The monoisotopic (exact) mass is 337 g/mol. The standard InChI is InChI=1S/C19H23N5O/c20-15-3-4-16(14-2-1-7-22-11-14)23-17(15)10-18(25)24-12-19(13-24)5-8-21-9-6-19/h1-4,7,11,21H,5-6,8-10,12-13,20H2. The summed E-state index contributed by atoms with van der Waals surface area (Å²) in [5.41, 5.74) is 9.34. The van der Waals surface area contributed by atoms with E-state index in [2.05, 4.69) is 15.3 Å². The second-order valence-corrected chi connectivity index (χ2v) is 7.15. The molecule has 3 N–H and O–H groups in total. The maximum atomic E-state index is 12.6. The lowest BCUT2D eigenvalue weighted by Gasteiger charge is -2.52. The van der Waals surface area contributed by atoms with E-state index in [4.69, 9.17) is 5.73 Å². The van der Waals surface area contributed by atoms with Gasteiger partial charge >= 0.3 is 0 Å². The van der Waals surface area contributed by atoms with Crippen molar-refractivity contribution in [1.29, 1.82) is 0 Å². The molecule has 0 aromatic carbocycles. The first kappa shape index (κ1) is 16.0. The number of nitrogens with one attached hydrogen (secondary N) is 1. The molecule has 2 aromatic rings. The number of carbonyl (C=O) groups excluding carboxylic acids is 1. The number of rotatable bonds is 3. The lowest BCUT2D eigenvalue weighted by Crippen LogP contribution is -2.61. The number of aromatic nitrogens is 2. The molecule has 4 heterocycles. The number of likely N-dealkylation sites (tertiary alicyclic amines) is 1. The quantitative estimate of drug-likeness (QED) is 0.886. The van der Waals surface area contributed by atoms with Gasteiger partial charge in [0.2, 0.25) is 5.91 Å². The average Bonchev–Trinajstić information content (AvgIpc) is 2.63. The second kappa shape index (κ2) is 6.44. The number of nitrogens with two attached hydrogens (primary N) is 1. The van der Waals surface area contributed by atoms with Crippen LogP contribution in [0, 0.1) is 5.41 Å². The van der Waals surface area contributed by atoms with Crippen LogP contribution < -0.4 is 11.1 Å². The molecule has 0 bridgehead atoms. The molecule has 0 aliphatic carbocycles. The Kier molecular flexibility index (Phi) is 4.13. The number of nitrogens with zero attached hydrogens (tertiary/aromatic N) is 3. The van der Waals surface area contributed by atoms with Crippen LogP contribution in [0.1, 0.15) is 18.5 Å². The van der Waals surface area contributed by atoms with Gasteiger partial charge in [-0.05, 0) is 50.2 Å². The summed E-state index contributed by atoms with van der Waals surface area (Å²) in [4.78, 5) is 23.3. The summed E-state index contributed by atoms with van der Waals surface area (Å²) < 4.78 is 0. The molecule has 2 aromatic heterocycles. The van der Waals surface area contributed by atoms with E-state index >= 15 is 0 Å². The number of piperidine rings is 1. The maximum Gasteiger partial charge on any atom is 0.228 e. The van der Waals surface area contributed by atoms with Crippen LogP contribution in [-0.2, 0) is 11.2 Å². The molecule has 1 spiro atoms. The molecule has 2 aliphatic rings. The Morgan fingerprint density at radius 1 is 1.24 bits per heavy atom. The summed E-state index contributed by atoms with van der Waals surface area (Å²) in [5, 5.41) is 3.39. The third-order valence-corrected chi connectivity index (χ3v) is 5.35. The van der Waals surface area contributed by atoms with Crippen molar-refractivity contribution in [2.75, 3.05) is 31.9 Å². The molecule has 0 atom stereocenters. The minimum absolute atomic E-state index is 0.117. The Morgan fingerprint density at radius 2 is 2.04 bits per heavy atom. The molecule has 0 unspecified atom stereocenters. The smallest absolute Gasteiger partial charge is 0.228 e. The molecule has 2 saturated heterocycles. The summed E-state index contributed by atoms with van der Waals surface area (Å²) in [6, 6.07) is 7.51. The third-order valence-electron chi connectivity index (χ3n) is 5.35. The third kappa shape index (κ3) is 3.22. The van der Waals surface area contributed by atoms with Crippen LogP contribution in [0.4, 0.5) is 5.69 Å². The van der Waals surface area contributed by atoms with Gasteiger partial charge < -0.3 is 16.0 Å². The van der Waals surface area contributed by atoms with Gasteiger partial charge in [0.15, 0.2) is 0 Å². The van der Waals surface area contributed by atoms with Crippen molar-refractivity contribution in [3.05, 3.63) is 42.4 Å². The first-order chi connectivity index (χ1) is 12.2. The first-order valence-corrected chi connectivity index (χ1v) is 8.80. The number of anilines is 1. The Balaban J connectivity index is 1.45. The Morgan fingerprint density at radius 3 is 2.76 bits per heavy atom. The van der Waals surface area contributed by atoms with E-state index in [0.29, 0.717) is 16.8 Å². The van der Waals surface area contributed by atoms with Gasteiger partial charge in [-0.25, -0.2) is 0 Å². The van der Waals surface area contributed by atoms with Crippen molar-refractivity contribution in [1.82, 2.24) is 20.2 Å². The van der Waals surface area contributed by atoms with Crippen LogP contribution in [0.2, 0.25) is 0 Å². The van der Waals surface area contributed by atoms with E-state index < -0.39 is 0 Å². The number of nitrogen functional groups attached to an aromatic ring is 1. The molecule has 6 nitrogen and oxygen atoms in total. The summed E-state index contributed by atoms with van der Waals surface area (Å²) in [6.07, 6.45) is 6.07. The van der Waals surface area contributed by atoms with Crippen molar-refractivity contribution >= 4 is 11.6 Å². The highest BCUT2D eigenvalue weighted by Gasteiger charge is 2.45. The molecule has 0 saturated carbocycles. The van der Waals surface area contributed by atoms with E-state index in [-0.39, 0.29) is 12.3 Å². The minimum atomic E-state index is 0.117. The predicted octanol–water partition coefficient (Wildman–Crippen LogP) is 1.48. The van der Waals surface area contributed by atoms with Crippen molar-refractivity contribution in [3.63, 3.8) is 0 Å². The number of hydrogen-bond donors (Lipinski definition) is 2. The van der Waals surface area contributed by atoms with Gasteiger partial charge in [-0.3, -0.25) is 14.8 Å². The summed E-state index contributed by atoms with van der Waals surface area (Å²) >= 11 is 0. The van der Waals surface area contributed by atoms with Gasteiger partial charge in [-0.1, -0.05) is 0 Å². The topological polar surface area (TPSA) is 84.1 Å². The van der Waals surface area contributed by atoms with Gasteiger partial charge in [0.1, 0.15) is 0 Å². The molecule has 1 amide bonds. The molecular formula is C19H23N5O. The molecular weight excluding hydrogens is 314 g/mol. The summed E-state index contributed by atoms with van der Waals surface area (Å²) in [6.45, 7) is 3.86. The van der Waals surface area contributed by atoms with Crippen LogP contribution in [0.15, 0.2) is 36.7 Å². The van der Waals surface area contributed by atoms with Crippen molar-refractivity contribution in [2.24, 2.45) is 5.41 Å². The van der Waals surface area contributed by atoms with Crippen LogP contribution >= 0.6 is 0 Å². The largest absolute Gasteiger partial charge is 0.397 e. The average molecular weight is 337 g/mol. The van der Waals surface area contributed by atoms with Crippen molar-refractivity contribution in [2.45, 2.75) is 19.3 Å². The van der Waals surface area contributed by atoms with Crippen LogP contribution in [-0.4, -0.2) is 47.0 Å². The number of pyridine rings is 2. The van der Waals surface area contributed by atoms with Gasteiger partial charge in [0.25, 0.3) is 0 Å². The summed E-state index contributed by atoms with van der Waals surface area (Å²) in [7, 11) is 0. The zero-order valence-electron chi connectivity index (χ0n) is 14.2. The Hall–Kier alpha value is -2.47. The number of carbonyl (C=O) groups is 1. The highest BCUT2D eigenvalue weighted by Crippen LogP contribution is 2.38. The van der Waals surface area contributed by atoms with Gasteiger partial charge in [-0.2, -0.15) is 0 Å². The van der Waals surface area contributed by atoms with E-state index in [1.165, 1.54) is 0 Å². The van der Waals surface area contributed by atoms with Crippen molar-refractivity contribution in [3.8, 4) is 11.3 Å². The fraction of sp³-hybridized carbons (Fsp3) is 0.421. The van der Waals surface area contributed by atoms with E-state index in [0.717, 1.165) is 50.3 Å². The number of hydrogen-bond acceptors (Lipinski definition) is 5. The summed E-state index contributed by atoms with van der Waals surface area (Å²) in [5.74, 6) is 0.117. The molecule has 130 valence electrons. The Labute approximate surface area is 147 Å². The van der Waals surface area contributed by atoms with Crippen LogP contribution in [0.5, 0.6) is 0 Å². The first-order valence-electron chi connectivity index (χ1n) is 8.80. The fourth-order valence-corrected chi connectivity index (χ4v) is 3.80. The maximum absolute atomic E-state index is 12.6. The molecule has 25 heavy (non-hydrogen) atoms. The van der Waals surface area contributed by atoms with Crippen LogP contribution in [0.3, 0.4) is 0 Å². The highest BCUT2D eigenvalue weighted by molar-refractivity contribution is 5.81.